The van der Waals surface area contributed by atoms with Gasteiger partial charge in [-0.15, -0.1) is 0 Å². The highest BCUT2D eigenvalue weighted by molar-refractivity contribution is 6.60. The Kier molecular flexibility index (Phi) is 10.7. The molecule has 0 rings (SSSR count). The van der Waals surface area contributed by atoms with Crippen molar-refractivity contribution in [3.8, 4) is 0 Å². The maximum atomic E-state index is 5.43. The summed E-state index contributed by atoms with van der Waals surface area (Å²) in [5.41, 5.74) is 0. The van der Waals surface area contributed by atoms with Gasteiger partial charge in [0.2, 0.25) is 0 Å². The van der Waals surface area contributed by atoms with Crippen molar-refractivity contribution in [1.82, 2.24) is 14.7 Å². The van der Waals surface area contributed by atoms with Crippen molar-refractivity contribution < 1.29 is 13.3 Å². The summed E-state index contributed by atoms with van der Waals surface area (Å²) in [5.74, 6) is 0. The first kappa shape index (κ1) is 20.0. The van der Waals surface area contributed by atoms with Gasteiger partial charge in [0, 0.05) is 60.1 Å². The molecule has 0 fully saturated rings. The molecule has 122 valence electrons. The van der Waals surface area contributed by atoms with Crippen molar-refractivity contribution in [2.75, 3.05) is 82.2 Å². The molecule has 6 nitrogen and oxygen atoms in total. The highest BCUT2D eigenvalue weighted by Crippen LogP contribution is 2.12. The third-order valence-corrected chi connectivity index (χ3v) is 6.23. The normalized spacial score (nSPS) is 12.9. The molecule has 0 atom stereocenters. The molecule has 0 amide bonds. The molecule has 20 heavy (non-hydrogen) atoms. The van der Waals surface area contributed by atoms with Crippen LogP contribution in [0.2, 0.25) is 6.04 Å². The van der Waals surface area contributed by atoms with E-state index in [1.54, 1.807) is 21.3 Å². The molecule has 7 heteroatoms. The second-order valence-corrected chi connectivity index (χ2v) is 8.55. The lowest BCUT2D eigenvalue weighted by Crippen LogP contribution is -2.45. The predicted octanol–water partition coefficient (Wildman–Crippen LogP) is 0.290. The zero-order chi connectivity index (χ0) is 15.6. The highest BCUT2D eigenvalue weighted by Gasteiger charge is 2.37. The fraction of sp³-hybridized carbons (Fsp3) is 1.00. The summed E-state index contributed by atoms with van der Waals surface area (Å²) in [6.45, 7) is 5.20. The molecule has 0 N–H and O–H groups in total. The molecule has 0 aromatic carbocycles. The van der Waals surface area contributed by atoms with Gasteiger partial charge >= 0.3 is 8.80 Å². The smallest absolute Gasteiger partial charge is 0.377 e. The van der Waals surface area contributed by atoms with Crippen molar-refractivity contribution in [2.24, 2.45) is 0 Å². The molecule has 0 aliphatic heterocycles. The van der Waals surface area contributed by atoms with E-state index in [4.69, 9.17) is 13.3 Å². The zero-order valence-electron chi connectivity index (χ0n) is 14.3. The van der Waals surface area contributed by atoms with E-state index in [1.165, 1.54) is 0 Å². The molecule has 0 radical (unpaired) electrons. The van der Waals surface area contributed by atoms with E-state index < -0.39 is 8.80 Å². The van der Waals surface area contributed by atoms with Gasteiger partial charge in [0.05, 0.1) is 0 Å². The van der Waals surface area contributed by atoms with Gasteiger partial charge in [-0.05, 0) is 28.2 Å². The Morgan fingerprint density at radius 3 is 1.45 bits per heavy atom. The first-order valence-corrected chi connectivity index (χ1v) is 8.99. The van der Waals surface area contributed by atoms with Crippen LogP contribution in [0, 0.1) is 0 Å². The lowest BCUT2D eigenvalue weighted by molar-refractivity contribution is 0.119. The highest BCUT2D eigenvalue weighted by atomic mass is 28.4. The summed E-state index contributed by atoms with van der Waals surface area (Å²) in [4.78, 5) is 6.85. The van der Waals surface area contributed by atoms with E-state index in [1.807, 2.05) is 0 Å². The van der Waals surface area contributed by atoms with Crippen molar-refractivity contribution in [3.63, 3.8) is 0 Å². The van der Waals surface area contributed by atoms with Gasteiger partial charge in [-0.3, -0.25) is 0 Å². The fourth-order valence-electron chi connectivity index (χ4n) is 1.82. The molecule has 0 bridgehead atoms. The molecular weight excluding hydrogens is 274 g/mol. The minimum absolute atomic E-state index is 0.814. The average Bonchev–Trinajstić information content (AvgIpc) is 2.45. The quantitative estimate of drug-likeness (QED) is 0.483. The Morgan fingerprint density at radius 2 is 1.05 bits per heavy atom. The summed E-state index contributed by atoms with van der Waals surface area (Å²) >= 11 is 0. The molecule has 0 unspecified atom stereocenters. The lowest BCUT2D eigenvalue weighted by atomic mass is 10.4. The Balaban J connectivity index is 3.90. The summed E-state index contributed by atoms with van der Waals surface area (Å²) in [7, 11) is 11.0. The molecule has 0 aliphatic carbocycles. The molecule has 0 spiro atoms. The van der Waals surface area contributed by atoms with E-state index >= 15 is 0 Å². The summed E-state index contributed by atoms with van der Waals surface area (Å²) in [6, 6.07) is 0.814. The summed E-state index contributed by atoms with van der Waals surface area (Å²) in [6.07, 6.45) is 0. The van der Waals surface area contributed by atoms with E-state index in [0.29, 0.717) is 0 Å². The third-order valence-electron chi connectivity index (χ3n) is 3.53. The monoisotopic (exact) mass is 307 g/mol. The standard InChI is InChI=1S/C13H33N3O3Si/c1-14(2)8-9-15(3)10-11-16(4)12-13-20(17-5,18-6)19-7/h8-13H2,1-7H3. The SMILES string of the molecule is CO[Si](CCN(C)CCN(C)CCN(C)C)(OC)OC. The van der Waals surface area contributed by atoms with Crippen LogP contribution in [0.5, 0.6) is 0 Å². The second-order valence-electron chi connectivity index (χ2n) is 5.46. The largest absolute Gasteiger partial charge is 0.501 e. The van der Waals surface area contributed by atoms with Gasteiger partial charge in [-0.25, -0.2) is 0 Å². The average molecular weight is 308 g/mol. The van der Waals surface area contributed by atoms with Gasteiger partial charge in [0.15, 0.2) is 0 Å². The maximum absolute atomic E-state index is 5.43. The number of hydrogen-bond acceptors (Lipinski definition) is 6. The number of rotatable bonds is 12. The fourth-order valence-corrected chi connectivity index (χ4v) is 3.59. The van der Waals surface area contributed by atoms with Crippen LogP contribution >= 0.6 is 0 Å². The zero-order valence-corrected chi connectivity index (χ0v) is 15.3. The molecule has 0 aliphatic rings. The van der Waals surface area contributed by atoms with Crippen LogP contribution in [0.4, 0.5) is 0 Å². The van der Waals surface area contributed by atoms with Gasteiger partial charge in [-0.1, -0.05) is 0 Å². The Morgan fingerprint density at radius 1 is 0.650 bits per heavy atom. The van der Waals surface area contributed by atoms with Crippen molar-refractivity contribution in [3.05, 3.63) is 0 Å². The Bertz CT molecular complexity index is 233. The van der Waals surface area contributed by atoms with Crippen LogP contribution in [-0.4, -0.2) is 106 Å². The van der Waals surface area contributed by atoms with Gasteiger partial charge in [0.1, 0.15) is 0 Å². The summed E-state index contributed by atoms with van der Waals surface area (Å²) < 4.78 is 16.3. The summed E-state index contributed by atoms with van der Waals surface area (Å²) in [5, 5.41) is 0. The minimum Gasteiger partial charge on any atom is -0.377 e. The van der Waals surface area contributed by atoms with Crippen LogP contribution in [0.25, 0.3) is 0 Å². The number of nitrogens with zero attached hydrogens (tertiary/aromatic N) is 3. The molecule has 0 heterocycles. The number of likely N-dealkylation sites (N-methyl/N-ethyl adjacent to an activating group) is 3. The van der Waals surface area contributed by atoms with E-state index in [-0.39, 0.29) is 0 Å². The Labute approximate surface area is 125 Å². The van der Waals surface area contributed by atoms with Crippen LogP contribution in [0.1, 0.15) is 0 Å². The van der Waals surface area contributed by atoms with E-state index in [9.17, 15) is 0 Å². The first-order chi connectivity index (χ1) is 9.39. The molecular formula is C13H33N3O3Si. The van der Waals surface area contributed by atoms with E-state index in [0.717, 1.165) is 38.8 Å². The molecule has 0 saturated heterocycles. The minimum atomic E-state index is -2.43. The van der Waals surface area contributed by atoms with Crippen LogP contribution in [-0.2, 0) is 13.3 Å². The van der Waals surface area contributed by atoms with Gasteiger partial charge in [-0.2, -0.15) is 0 Å². The lowest BCUT2D eigenvalue weighted by Gasteiger charge is -2.27. The number of hydrogen-bond donors (Lipinski definition) is 0. The van der Waals surface area contributed by atoms with Gasteiger partial charge in [0.25, 0.3) is 0 Å². The molecule has 0 aromatic heterocycles. The van der Waals surface area contributed by atoms with Crippen LogP contribution in [0.3, 0.4) is 0 Å². The molecule has 0 saturated carbocycles. The maximum Gasteiger partial charge on any atom is 0.501 e. The van der Waals surface area contributed by atoms with Crippen molar-refractivity contribution >= 4 is 8.80 Å². The second kappa shape index (κ2) is 10.7. The van der Waals surface area contributed by atoms with Crippen molar-refractivity contribution in [2.45, 2.75) is 6.04 Å². The van der Waals surface area contributed by atoms with E-state index in [2.05, 4.69) is 42.9 Å². The van der Waals surface area contributed by atoms with Crippen molar-refractivity contribution in [1.29, 1.82) is 0 Å². The van der Waals surface area contributed by atoms with Gasteiger partial charge < -0.3 is 28.0 Å². The first-order valence-electron chi connectivity index (χ1n) is 7.06. The topological polar surface area (TPSA) is 37.4 Å². The third kappa shape index (κ3) is 8.31. The van der Waals surface area contributed by atoms with Crippen LogP contribution < -0.4 is 0 Å². The predicted molar refractivity (Wildman–Crippen MR) is 85.1 cm³/mol. The van der Waals surface area contributed by atoms with Crippen LogP contribution in [0.15, 0.2) is 0 Å². The Hall–Kier alpha value is -0.0231. The molecule has 0 aromatic rings.